The number of hydrogen-bond acceptors (Lipinski definition) is 4. The van der Waals surface area contributed by atoms with Crippen molar-refractivity contribution in [3.63, 3.8) is 0 Å². The topological polar surface area (TPSA) is 70.1 Å². The lowest BCUT2D eigenvalue weighted by molar-refractivity contribution is 0.151. The van der Waals surface area contributed by atoms with E-state index in [1.807, 2.05) is 12.1 Å². The lowest BCUT2D eigenvalue weighted by Gasteiger charge is -2.03. The maximum Gasteiger partial charge on any atom is 0.435 e. The van der Waals surface area contributed by atoms with Crippen molar-refractivity contribution in [3.8, 4) is 0 Å². The maximum atomic E-state index is 11.5. The molecule has 78 valence electrons. The number of benzene rings is 1. The van der Waals surface area contributed by atoms with Crippen molar-refractivity contribution < 1.29 is 9.53 Å². The number of aromatic nitrogens is 2. The van der Waals surface area contributed by atoms with Crippen LogP contribution in [0.5, 0.6) is 0 Å². The number of nitrogens with zero attached hydrogens (tertiary/aromatic N) is 2. The zero-order valence-corrected chi connectivity index (χ0v) is 8.30. The number of fused-ring (bicyclic) bond motifs is 1. The molecule has 0 saturated heterocycles. The zero-order valence-electron chi connectivity index (χ0n) is 8.30. The number of hydrogen-bond donors (Lipinski definition) is 1. The van der Waals surface area contributed by atoms with Gasteiger partial charge in [-0.15, -0.1) is 0 Å². The number of nitrogens with two attached hydrogens (primary N) is 1. The van der Waals surface area contributed by atoms with Crippen LogP contribution in [0.4, 0.5) is 10.5 Å². The van der Waals surface area contributed by atoms with Gasteiger partial charge in [0.25, 0.3) is 0 Å². The van der Waals surface area contributed by atoms with Crippen LogP contribution in [0.1, 0.15) is 6.92 Å². The van der Waals surface area contributed by atoms with Gasteiger partial charge in [0.1, 0.15) is 5.52 Å². The molecular weight excluding hydrogens is 194 g/mol. The molecule has 0 aliphatic heterocycles. The van der Waals surface area contributed by atoms with Crippen molar-refractivity contribution >= 4 is 22.7 Å². The van der Waals surface area contributed by atoms with Crippen molar-refractivity contribution in [2.75, 3.05) is 12.3 Å². The molecule has 2 rings (SSSR count). The molecule has 0 fully saturated rings. The monoisotopic (exact) mass is 205 g/mol. The molecule has 15 heavy (non-hydrogen) atoms. The third kappa shape index (κ3) is 1.52. The lowest BCUT2D eigenvalue weighted by Crippen LogP contribution is -2.15. The molecule has 0 amide bonds. The van der Waals surface area contributed by atoms with E-state index in [2.05, 4.69) is 5.10 Å². The highest BCUT2D eigenvalue weighted by Gasteiger charge is 2.12. The van der Waals surface area contributed by atoms with Gasteiger partial charge in [0.15, 0.2) is 0 Å². The van der Waals surface area contributed by atoms with Crippen LogP contribution in [0.3, 0.4) is 0 Å². The fraction of sp³-hybridized carbons (Fsp3) is 0.200. The van der Waals surface area contributed by atoms with Gasteiger partial charge in [0.2, 0.25) is 0 Å². The molecule has 2 N–H and O–H groups in total. The van der Waals surface area contributed by atoms with Gasteiger partial charge in [-0.3, -0.25) is 0 Å². The molecule has 0 unspecified atom stereocenters. The van der Waals surface area contributed by atoms with Crippen LogP contribution in [-0.4, -0.2) is 22.5 Å². The van der Waals surface area contributed by atoms with Crippen LogP contribution < -0.4 is 5.73 Å². The molecule has 2 aromatic rings. The first kappa shape index (κ1) is 9.51. The Balaban J connectivity index is 2.57. The molecule has 0 aliphatic rings. The summed E-state index contributed by atoms with van der Waals surface area (Å²) < 4.78 is 6.03. The van der Waals surface area contributed by atoms with E-state index < -0.39 is 6.09 Å². The highest BCUT2D eigenvalue weighted by molar-refractivity contribution is 5.95. The summed E-state index contributed by atoms with van der Waals surface area (Å²) in [5.41, 5.74) is 6.87. The van der Waals surface area contributed by atoms with Crippen LogP contribution in [0, 0.1) is 0 Å². The summed E-state index contributed by atoms with van der Waals surface area (Å²) in [7, 11) is 0. The Bertz CT molecular complexity index is 504. The molecule has 0 spiro atoms. The second-order valence-corrected chi connectivity index (χ2v) is 3.04. The van der Waals surface area contributed by atoms with E-state index in [1.54, 1.807) is 19.2 Å². The number of nitrogen functional groups attached to an aromatic ring is 1. The average Bonchev–Trinajstić information content (AvgIpc) is 2.63. The summed E-state index contributed by atoms with van der Waals surface area (Å²) in [5, 5.41) is 4.76. The zero-order chi connectivity index (χ0) is 10.8. The normalized spacial score (nSPS) is 10.5. The van der Waals surface area contributed by atoms with Crippen molar-refractivity contribution in [2.45, 2.75) is 6.92 Å². The number of para-hydroxylation sites is 1. The fourth-order valence-electron chi connectivity index (χ4n) is 1.43. The third-order valence-corrected chi connectivity index (χ3v) is 2.06. The van der Waals surface area contributed by atoms with Crippen LogP contribution in [0.15, 0.2) is 24.4 Å². The van der Waals surface area contributed by atoms with Crippen molar-refractivity contribution in [1.82, 2.24) is 9.78 Å². The highest BCUT2D eigenvalue weighted by Crippen LogP contribution is 2.20. The molecule has 1 aromatic carbocycles. The standard InChI is InChI=1S/C10H11N3O2/c1-2-15-10(14)13-9-7(6-12-13)4-3-5-8(9)11/h3-6H,2,11H2,1H3. The third-order valence-electron chi connectivity index (χ3n) is 2.06. The minimum absolute atomic E-state index is 0.312. The first-order chi connectivity index (χ1) is 7.24. The second kappa shape index (κ2) is 3.61. The Kier molecular flexibility index (Phi) is 2.29. The lowest BCUT2D eigenvalue weighted by atomic mass is 10.2. The van der Waals surface area contributed by atoms with Crippen molar-refractivity contribution in [1.29, 1.82) is 0 Å². The van der Waals surface area contributed by atoms with Gasteiger partial charge < -0.3 is 10.5 Å². The van der Waals surface area contributed by atoms with Gasteiger partial charge in [-0.25, -0.2) is 4.79 Å². The van der Waals surface area contributed by atoms with E-state index in [0.29, 0.717) is 17.8 Å². The number of anilines is 1. The minimum atomic E-state index is -0.509. The maximum absolute atomic E-state index is 11.5. The number of carbonyl (C=O) groups is 1. The van der Waals surface area contributed by atoms with Gasteiger partial charge in [0.05, 0.1) is 18.5 Å². The Hall–Kier alpha value is -2.04. The quantitative estimate of drug-likeness (QED) is 0.718. The van der Waals surface area contributed by atoms with Gasteiger partial charge in [-0.2, -0.15) is 9.78 Å². The van der Waals surface area contributed by atoms with Gasteiger partial charge in [0, 0.05) is 5.39 Å². The summed E-state index contributed by atoms with van der Waals surface area (Å²) in [5.74, 6) is 0. The van der Waals surface area contributed by atoms with E-state index in [4.69, 9.17) is 10.5 Å². The number of ether oxygens (including phenoxy) is 1. The van der Waals surface area contributed by atoms with Crippen LogP contribution in [0.2, 0.25) is 0 Å². The second-order valence-electron chi connectivity index (χ2n) is 3.04. The summed E-state index contributed by atoms with van der Waals surface area (Å²) in [6.07, 6.45) is 1.08. The molecule has 1 aromatic heterocycles. The van der Waals surface area contributed by atoms with E-state index in [0.717, 1.165) is 5.39 Å². The first-order valence-corrected chi connectivity index (χ1v) is 4.63. The van der Waals surface area contributed by atoms with E-state index in [-0.39, 0.29) is 0 Å². The largest absolute Gasteiger partial charge is 0.448 e. The van der Waals surface area contributed by atoms with E-state index >= 15 is 0 Å². The molecule has 0 aliphatic carbocycles. The van der Waals surface area contributed by atoms with Gasteiger partial charge in [-0.05, 0) is 13.0 Å². The van der Waals surface area contributed by atoms with E-state index in [1.165, 1.54) is 4.68 Å². The molecule has 0 bridgehead atoms. The van der Waals surface area contributed by atoms with Gasteiger partial charge in [-0.1, -0.05) is 12.1 Å². The Morgan fingerprint density at radius 1 is 1.60 bits per heavy atom. The average molecular weight is 205 g/mol. The molecule has 5 heteroatoms. The highest BCUT2D eigenvalue weighted by atomic mass is 16.5. The Morgan fingerprint density at radius 2 is 2.40 bits per heavy atom. The summed E-state index contributed by atoms with van der Waals surface area (Å²) in [6.45, 7) is 2.06. The first-order valence-electron chi connectivity index (χ1n) is 4.63. The number of carbonyl (C=O) groups excluding carboxylic acids is 1. The summed E-state index contributed by atoms with van der Waals surface area (Å²) >= 11 is 0. The molecule has 1 heterocycles. The molecule has 0 saturated carbocycles. The molecular formula is C10H11N3O2. The van der Waals surface area contributed by atoms with E-state index in [9.17, 15) is 4.79 Å². The van der Waals surface area contributed by atoms with Crippen LogP contribution in [0.25, 0.3) is 10.9 Å². The predicted molar refractivity (Wildman–Crippen MR) is 56.6 cm³/mol. The Labute approximate surface area is 86.4 Å². The molecule has 5 nitrogen and oxygen atoms in total. The molecule has 0 atom stereocenters. The predicted octanol–water partition coefficient (Wildman–Crippen LogP) is 1.62. The smallest absolute Gasteiger partial charge is 0.435 e. The summed E-state index contributed by atoms with van der Waals surface area (Å²) in [6, 6.07) is 5.38. The van der Waals surface area contributed by atoms with Gasteiger partial charge >= 0.3 is 6.09 Å². The van der Waals surface area contributed by atoms with Crippen molar-refractivity contribution in [2.24, 2.45) is 0 Å². The van der Waals surface area contributed by atoms with Crippen LogP contribution in [-0.2, 0) is 4.74 Å². The molecule has 0 radical (unpaired) electrons. The Morgan fingerprint density at radius 3 is 3.13 bits per heavy atom. The van der Waals surface area contributed by atoms with Crippen molar-refractivity contribution in [3.05, 3.63) is 24.4 Å². The fourth-order valence-corrected chi connectivity index (χ4v) is 1.43. The SMILES string of the molecule is CCOC(=O)n1ncc2cccc(N)c21. The van der Waals surface area contributed by atoms with Crippen LogP contribution >= 0.6 is 0 Å². The number of rotatable bonds is 1. The summed E-state index contributed by atoms with van der Waals surface area (Å²) in [4.78, 5) is 11.5. The minimum Gasteiger partial charge on any atom is -0.448 e.